The molecule has 4 amide bonds. The second kappa shape index (κ2) is 8.51. The van der Waals surface area contributed by atoms with Crippen molar-refractivity contribution in [3.63, 3.8) is 0 Å². The number of hydrogen-bond acceptors (Lipinski definition) is 5. The number of nitrogens with one attached hydrogen (secondary N) is 1. The zero-order chi connectivity index (χ0) is 20.1. The summed E-state index contributed by atoms with van der Waals surface area (Å²) in [6.45, 7) is 8.88. The minimum atomic E-state index is -0.954. The lowest BCUT2D eigenvalue weighted by Crippen LogP contribution is -2.45. The molecule has 2 rings (SSSR count). The van der Waals surface area contributed by atoms with Crippen LogP contribution >= 0.6 is 0 Å². The molecule has 0 aromatic carbocycles. The first-order chi connectivity index (χ1) is 11.9. The summed E-state index contributed by atoms with van der Waals surface area (Å²) in [7, 11) is 0. The van der Waals surface area contributed by atoms with Crippen LogP contribution in [0.3, 0.4) is 0 Å². The molecule has 0 aromatic heterocycles. The van der Waals surface area contributed by atoms with Gasteiger partial charge < -0.3 is 15.8 Å². The zero-order valence-electron chi connectivity index (χ0n) is 16.4. The summed E-state index contributed by atoms with van der Waals surface area (Å²) in [5, 5.41) is 2.55. The van der Waals surface area contributed by atoms with E-state index in [9.17, 15) is 19.2 Å². The molecule has 26 heavy (non-hydrogen) atoms. The molecule has 2 aliphatic heterocycles. The molecule has 0 aliphatic carbocycles. The first kappa shape index (κ1) is 21.9. The molecule has 8 nitrogen and oxygen atoms in total. The molecule has 0 spiro atoms. The monoisotopic (exact) mass is 369 g/mol. The molecule has 0 bridgehead atoms. The van der Waals surface area contributed by atoms with E-state index < -0.39 is 29.2 Å². The maximum Gasteiger partial charge on any atom is 0.330 e. The minimum Gasteiger partial charge on any atom is -0.458 e. The Labute approximate surface area is 154 Å². The van der Waals surface area contributed by atoms with Crippen molar-refractivity contribution in [2.24, 2.45) is 5.73 Å². The average molecular weight is 369 g/mol. The van der Waals surface area contributed by atoms with Crippen LogP contribution in [0.15, 0.2) is 0 Å². The first-order valence-corrected chi connectivity index (χ1v) is 9.08. The number of carbonyl (C=O) groups is 4. The Morgan fingerprint density at radius 3 is 2.19 bits per heavy atom. The number of urea groups is 1. The lowest BCUT2D eigenvalue weighted by Gasteiger charge is -2.19. The van der Waals surface area contributed by atoms with E-state index in [1.807, 2.05) is 0 Å². The average Bonchev–Trinajstić information content (AvgIpc) is 2.87. The number of amides is 4. The van der Waals surface area contributed by atoms with Gasteiger partial charge >= 0.3 is 12.0 Å². The summed E-state index contributed by atoms with van der Waals surface area (Å²) in [4.78, 5) is 46.6. The second-order valence-electron chi connectivity index (χ2n) is 7.91. The van der Waals surface area contributed by atoms with Gasteiger partial charge in [-0.2, -0.15) is 0 Å². The quantitative estimate of drug-likeness (QED) is 0.421. The molecule has 0 radical (unpaired) electrons. The molecular weight excluding hydrogens is 338 g/mol. The number of primary amides is 1. The third-order valence-electron chi connectivity index (χ3n) is 4.31. The highest BCUT2D eigenvalue weighted by Gasteiger charge is 2.54. The summed E-state index contributed by atoms with van der Waals surface area (Å²) >= 11 is 0. The van der Waals surface area contributed by atoms with E-state index in [-0.39, 0.29) is 11.8 Å². The van der Waals surface area contributed by atoms with Crippen LogP contribution in [-0.4, -0.2) is 45.9 Å². The molecule has 1 unspecified atom stereocenters. The fourth-order valence-corrected chi connectivity index (χ4v) is 2.91. The summed E-state index contributed by atoms with van der Waals surface area (Å²) in [6.07, 6.45) is 5.41. The fourth-order valence-electron chi connectivity index (χ4n) is 2.91. The van der Waals surface area contributed by atoms with Crippen LogP contribution in [0.25, 0.3) is 0 Å². The van der Waals surface area contributed by atoms with Gasteiger partial charge in [0.15, 0.2) is 0 Å². The zero-order valence-corrected chi connectivity index (χ0v) is 16.4. The number of ether oxygens (including phenoxy) is 1. The molecule has 8 heteroatoms. The number of nitrogens with zero attached hydrogens (tertiary/aromatic N) is 1. The Morgan fingerprint density at radius 2 is 1.81 bits per heavy atom. The van der Waals surface area contributed by atoms with Crippen LogP contribution in [0, 0.1) is 0 Å². The number of unbranched alkanes of at least 4 members (excludes halogenated alkanes) is 3. The van der Waals surface area contributed by atoms with Crippen LogP contribution in [0.1, 0.15) is 73.1 Å². The van der Waals surface area contributed by atoms with E-state index in [4.69, 9.17) is 10.5 Å². The van der Waals surface area contributed by atoms with Gasteiger partial charge in [-0.3, -0.25) is 9.59 Å². The van der Waals surface area contributed by atoms with E-state index >= 15 is 0 Å². The Balaban J connectivity index is 0.000000321. The SMILES string of the molecule is CC1(C)CC(N2C(=O)NC(C)(C)C2=O)C(=O)O1.CCCCCCC(N)=O. The number of imide groups is 1. The minimum absolute atomic E-state index is 0.175. The second-order valence-corrected chi connectivity index (χ2v) is 7.91. The van der Waals surface area contributed by atoms with Gasteiger partial charge in [-0.25, -0.2) is 14.5 Å². The van der Waals surface area contributed by atoms with Crippen molar-refractivity contribution in [3.8, 4) is 0 Å². The third kappa shape index (κ3) is 5.71. The van der Waals surface area contributed by atoms with Crippen molar-refractivity contribution in [3.05, 3.63) is 0 Å². The molecule has 148 valence electrons. The Bertz CT molecular complexity index is 571. The van der Waals surface area contributed by atoms with Gasteiger partial charge in [-0.05, 0) is 34.1 Å². The maximum atomic E-state index is 12.0. The van der Waals surface area contributed by atoms with Crippen LogP contribution in [0.2, 0.25) is 0 Å². The van der Waals surface area contributed by atoms with E-state index in [1.54, 1.807) is 27.7 Å². The normalized spacial score (nSPS) is 23.2. The standard InChI is InChI=1S/C11H16N2O4.C7H15NO/c1-10(2)5-6(7(14)17-10)13-8(15)11(3,4)12-9(13)16;1-2-3-4-5-6-7(8)9/h6H,5H2,1-4H3,(H,12,16);2-6H2,1H3,(H2,8,9). The predicted molar refractivity (Wildman–Crippen MR) is 96.0 cm³/mol. The van der Waals surface area contributed by atoms with E-state index in [2.05, 4.69) is 12.2 Å². The number of carbonyl (C=O) groups excluding carboxylic acids is 4. The van der Waals surface area contributed by atoms with Crippen molar-refractivity contribution in [1.29, 1.82) is 0 Å². The van der Waals surface area contributed by atoms with E-state index in [1.165, 1.54) is 12.8 Å². The van der Waals surface area contributed by atoms with Gasteiger partial charge in [0.2, 0.25) is 5.91 Å². The van der Waals surface area contributed by atoms with Crippen molar-refractivity contribution in [1.82, 2.24) is 10.2 Å². The Hall–Kier alpha value is -2.12. The van der Waals surface area contributed by atoms with Gasteiger partial charge in [0.25, 0.3) is 5.91 Å². The molecule has 1 atom stereocenters. The summed E-state index contributed by atoms with van der Waals surface area (Å²) in [5.74, 6) is -1.08. The lowest BCUT2D eigenvalue weighted by molar-refractivity contribution is -0.151. The van der Waals surface area contributed by atoms with E-state index in [0.717, 1.165) is 17.7 Å². The third-order valence-corrected chi connectivity index (χ3v) is 4.31. The van der Waals surface area contributed by atoms with Gasteiger partial charge in [0.1, 0.15) is 17.2 Å². The van der Waals surface area contributed by atoms with Gasteiger partial charge in [-0.1, -0.05) is 26.2 Å². The number of rotatable bonds is 6. The first-order valence-electron chi connectivity index (χ1n) is 9.08. The van der Waals surface area contributed by atoms with Crippen LogP contribution in [0.5, 0.6) is 0 Å². The molecule has 0 aromatic rings. The van der Waals surface area contributed by atoms with Crippen LogP contribution < -0.4 is 11.1 Å². The summed E-state index contributed by atoms with van der Waals surface area (Å²) < 4.78 is 5.13. The molecule has 2 aliphatic rings. The molecule has 3 N–H and O–H groups in total. The largest absolute Gasteiger partial charge is 0.458 e. The van der Waals surface area contributed by atoms with Gasteiger partial charge in [0, 0.05) is 12.8 Å². The van der Waals surface area contributed by atoms with Crippen molar-refractivity contribution >= 4 is 23.8 Å². The van der Waals surface area contributed by atoms with Crippen molar-refractivity contribution in [2.75, 3.05) is 0 Å². The lowest BCUT2D eigenvalue weighted by atomic mass is 10.0. The van der Waals surface area contributed by atoms with Gasteiger partial charge in [-0.15, -0.1) is 0 Å². The molecule has 2 fully saturated rings. The topological polar surface area (TPSA) is 119 Å². The van der Waals surface area contributed by atoms with Crippen LogP contribution in [-0.2, 0) is 19.1 Å². The summed E-state index contributed by atoms with van der Waals surface area (Å²) in [6, 6.07) is -1.33. The highest BCUT2D eigenvalue weighted by molar-refractivity contribution is 6.09. The number of cyclic esters (lactones) is 1. The molecule has 2 saturated heterocycles. The summed E-state index contributed by atoms with van der Waals surface area (Å²) in [5.41, 5.74) is 3.35. The molecule has 2 heterocycles. The van der Waals surface area contributed by atoms with Gasteiger partial charge in [0.05, 0.1) is 0 Å². The smallest absolute Gasteiger partial charge is 0.330 e. The number of hydrogen-bond donors (Lipinski definition) is 2. The highest BCUT2D eigenvalue weighted by Crippen LogP contribution is 2.32. The van der Waals surface area contributed by atoms with Crippen molar-refractivity contribution in [2.45, 2.75) is 90.3 Å². The maximum absolute atomic E-state index is 12.0. The predicted octanol–water partition coefficient (Wildman–Crippen LogP) is 1.85. The molecular formula is C18H31N3O5. The van der Waals surface area contributed by atoms with Crippen LogP contribution in [0.4, 0.5) is 4.79 Å². The number of nitrogens with two attached hydrogens (primary N) is 1. The van der Waals surface area contributed by atoms with Crippen molar-refractivity contribution < 1.29 is 23.9 Å². The fraction of sp³-hybridized carbons (Fsp3) is 0.778. The molecule has 0 saturated carbocycles. The Kier molecular flexibility index (Phi) is 7.17. The Morgan fingerprint density at radius 1 is 1.19 bits per heavy atom. The number of esters is 1. The highest BCUT2D eigenvalue weighted by atomic mass is 16.6. The van der Waals surface area contributed by atoms with E-state index in [0.29, 0.717) is 12.8 Å².